The molecule has 2 aromatic rings. The molecule has 1 atom stereocenters. The summed E-state index contributed by atoms with van der Waals surface area (Å²) in [4.78, 5) is 24.6. The number of carboxylic acids is 1. The molecule has 1 unspecified atom stereocenters. The van der Waals surface area contributed by atoms with Gasteiger partial charge < -0.3 is 5.11 Å². The van der Waals surface area contributed by atoms with Crippen molar-refractivity contribution in [1.29, 1.82) is 0 Å². The molecule has 0 radical (unpaired) electrons. The van der Waals surface area contributed by atoms with Crippen LogP contribution in [0.1, 0.15) is 16.8 Å². The van der Waals surface area contributed by atoms with Crippen molar-refractivity contribution in [3.05, 3.63) is 64.6 Å². The maximum absolute atomic E-state index is 12.2. The van der Waals surface area contributed by atoms with Crippen molar-refractivity contribution in [3.63, 3.8) is 0 Å². The van der Waals surface area contributed by atoms with E-state index >= 15 is 0 Å². The number of carbonyl (C=O) groups is 2. The molecule has 2 aromatic carbocycles. The van der Waals surface area contributed by atoms with Crippen molar-refractivity contribution in [2.24, 2.45) is 5.92 Å². The zero-order valence-electron chi connectivity index (χ0n) is 11.7. The summed E-state index contributed by atoms with van der Waals surface area (Å²) in [5, 5.41) is 9.32. The molecule has 2 rings (SSSR count). The quantitative estimate of drug-likeness (QED) is 0.568. The highest BCUT2D eigenvalue weighted by atomic mass is 79.9. The molecule has 0 spiro atoms. The van der Waals surface area contributed by atoms with Gasteiger partial charge in [-0.3, -0.25) is 9.59 Å². The third-order valence-electron chi connectivity index (χ3n) is 3.14. The van der Waals surface area contributed by atoms with Crippen LogP contribution in [0, 0.1) is 5.92 Å². The van der Waals surface area contributed by atoms with Gasteiger partial charge in [-0.1, -0.05) is 46.3 Å². The number of thioether (sulfide) groups is 1. The average Bonchev–Trinajstić information content (AvgIpc) is 2.52. The Balaban J connectivity index is 1.98. The highest BCUT2D eigenvalue weighted by molar-refractivity contribution is 9.10. The van der Waals surface area contributed by atoms with Crippen LogP contribution < -0.4 is 0 Å². The molecule has 0 aliphatic rings. The normalized spacial score (nSPS) is 11.9. The van der Waals surface area contributed by atoms with Gasteiger partial charge in [0, 0.05) is 27.1 Å². The highest BCUT2D eigenvalue weighted by Crippen LogP contribution is 2.23. The molecule has 0 aliphatic heterocycles. The maximum atomic E-state index is 12.2. The number of Topliss-reactive ketones (excluding diaryl/α,β-unsaturated/α-hetero) is 1. The Morgan fingerprint density at radius 1 is 1.05 bits per heavy atom. The molecule has 0 aliphatic carbocycles. The van der Waals surface area contributed by atoms with Crippen LogP contribution in [0.15, 0.2) is 64.0 Å². The number of hydrogen-bond donors (Lipinski definition) is 1. The molecular weight excluding hydrogens is 364 g/mol. The summed E-state index contributed by atoms with van der Waals surface area (Å²) in [5.74, 6) is -1.40. The van der Waals surface area contributed by atoms with Crippen LogP contribution in [-0.4, -0.2) is 22.6 Å². The van der Waals surface area contributed by atoms with E-state index in [1.165, 1.54) is 11.8 Å². The molecule has 0 saturated carbocycles. The van der Waals surface area contributed by atoms with Crippen LogP contribution in [-0.2, 0) is 4.79 Å². The van der Waals surface area contributed by atoms with E-state index < -0.39 is 11.9 Å². The van der Waals surface area contributed by atoms with Gasteiger partial charge >= 0.3 is 5.97 Å². The van der Waals surface area contributed by atoms with Gasteiger partial charge in [-0.25, -0.2) is 0 Å². The minimum absolute atomic E-state index is 0.0107. The molecular formula is C17H15BrO3S. The summed E-state index contributed by atoms with van der Waals surface area (Å²) in [7, 11) is 0. The van der Waals surface area contributed by atoms with Crippen LogP contribution >= 0.6 is 27.7 Å². The molecule has 0 amide bonds. The van der Waals surface area contributed by atoms with Crippen molar-refractivity contribution in [3.8, 4) is 0 Å². The van der Waals surface area contributed by atoms with Crippen LogP contribution in [0.5, 0.6) is 0 Å². The monoisotopic (exact) mass is 378 g/mol. The maximum Gasteiger partial charge on any atom is 0.307 e. The molecule has 0 bridgehead atoms. The van der Waals surface area contributed by atoms with Gasteiger partial charge in [0.15, 0.2) is 5.78 Å². The Kier molecular flexibility index (Phi) is 6.21. The lowest BCUT2D eigenvalue weighted by molar-refractivity contribution is -0.140. The van der Waals surface area contributed by atoms with Crippen molar-refractivity contribution < 1.29 is 14.7 Å². The number of aliphatic carboxylic acids is 1. The van der Waals surface area contributed by atoms with Crippen molar-refractivity contribution in [2.45, 2.75) is 11.3 Å². The van der Waals surface area contributed by atoms with Gasteiger partial charge in [-0.15, -0.1) is 11.8 Å². The fourth-order valence-electron chi connectivity index (χ4n) is 1.91. The molecule has 1 N–H and O–H groups in total. The zero-order chi connectivity index (χ0) is 15.9. The van der Waals surface area contributed by atoms with Gasteiger partial charge in [0.1, 0.15) is 0 Å². The second kappa shape index (κ2) is 8.15. The lowest BCUT2D eigenvalue weighted by Gasteiger charge is -2.11. The van der Waals surface area contributed by atoms with Gasteiger partial charge in [-0.05, 0) is 24.3 Å². The van der Waals surface area contributed by atoms with E-state index in [-0.39, 0.29) is 12.2 Å². The van der Waals surface area contributed by atoms with Crippen molar-refractivity contribution in [1.82, 2.24) is 0 Å². The van der Waals surface area contributed by atoms with Crippen LogP contribution in [0.3, 0.4) is 0 Å². The number of ketones is 1. The Morgan fingerprint density at radius 3 is 2.27 bits per heavy atom. The van der Waals surface area contributed by atoms with Crippen LogP contribution in [0.4, 0.5) is 0 Å². The number of carbonyl (C=O) groups excluding carboxylic acids is 1. The van der Waals surface area contributed by atoms with E-state index in [9.17, 15) is 14.7 Å². The molecule has 0 aromatic heterocycles. The minimum Gasteiger partial charge on any atom is -0.481 e. The Bertz CT molecular complexity index is 641. The molecule has 3 nitrogen and oxygen atoms in total. The summed E-state index contributed by atoms with van der Waals surface area (Å²) in [6.07, 6.45) is 0.0107. The molecule has 0 saturated heterocycles. The SMILES string of the molecule is O=C(CC(CSc1ccccc1)C(=O)O)c1ccc(Br)cc1. The summed E-state index contributed by atoms with van der Waals surface area (Å²) >= 11 is 4.77. The summed E-state index contributed by atoms with van der Waals surface area (Å²) in [5.41, 5.74) is 0.541. The Labute approximate surface area is 141 Å². The largest absolute Gasteiger partial charge is 0.481 e. The molecule has 0 heterocycles. The molecule has 5 heteroatoms. The summed E-state index contributed by atoms with van der Waals surface area (Å²) in [6, 6.07) is 16.6. The Hall–Kier alpha value is -1.59. The molecule has 114 valence electrons. The molecule has 0 fully saturated rings. The van der Waals surface area contributed by atoms with Crippen molar-refractivity contribution >= 4 is 39.4 Å². The predicted octanol–water partition coefficient (Wildman–Crippen LogP) is 4.52. The first kappa shape index (κ1) is 16.8. The second-order valence-corrected chi connectivity index (χ2v) is 6.80. The first-order valence-electron chi connectivity index (χ1n) is 6.75. The fourth-order valence-corrected chi connectivity index (χ4v) is 3.18. The third kappa shape index (κ3) is 5.00. The fraction of sp³-hybridized carbons (Fsp3) is 0.176. The zero-order valence-corrected chi connectivity index (χ0v) is 14.1. The van der Waals surface area contributed by atoms with E-state index in [0.29, 0.717) is 11.3 Å². The topological polar surface area (TPSA) is 54.4 Å². The van der Waals surface area contributed by atoms with Crippen molar-refractivity contribution in [2.75, 3.05) is 5.75 Å². The Morgan fingerprint density at radius 2 is 1.68 bits per heavy atom. The van der Waals surface area contributed by atoms with Crippen LogP contribution in [0.2, 0.25) is 0 Å². The second-order valence-electron chi connectivity index (χ2n) is 4.79. The van der Waals surface area contributed by atoms with E-state index in [0.717, 1.165) is 9.37 Å². The lowest BCUT2D eigenvalue weighted by atomic mass is 10.00. The van der Waals surface area contributed by atoms with Gasteiger partial charge in [0.05, 0.1) is 5.92 Å². The van der Waals surface area contributed by atoms with Gasteiger partial charge in [0.25, 0.3) is 0 Å². The standard InChI is InChI=1S/C17H15BrO3S/c18-14-8-6-12(7-9-14)16(19)10-13(17(20)21)11-22-15-4-2-1-3-5-15/h1-9,13H,10-11H2,(H,20,21). The number of rotatable bonds is 7. The lowest BCUT2D eigenvalue weighted by Crippen LogP contribution is -2.20. The third-order valence-corrected chi connectivity index (χ3v) is 4.84. The van der Waals surface area contributed by atoms with Gasteiger partial charge in [-0.2, -0.15) is 0 Å². The predicted molar refractivity (Wildman–Crippen MR) is 91.4 cm³/mol. The highest BCUT2D eigenvalue weighted by Gasteiger charge is 2.22. The number of benzene rings is 2. The average molecular weight is 379 g/mol. The van der Waals surface area contributed by atoms with E-state index in [1.807, 2.05) is 30.3 Å². The van der Waals surface area contributed by atoms with Crippen LogP contribution in [0.25, 0.3) is 0 Å². The van der Waals surface area contributed by atoms with E-state index in [1.54, 1.807) is 24.3 Å². The summed E-state index contributed by atoms with van der Waals surface area (Å²) in [6.45, 7) is 0. The first-order chi connectivity index (χ1) is 10.6. The summed E-state index contributed by atoms with van der Waals surface area (Å²) < 4.78 is 0.887. The number of halogens is 1. The van der Waals surface area contributed by atoms with E-state index in [2.05, 4.69) is 15.9 Å². The smallest absolute Gasteiger partial charge is 0.307 e. The number of carboxylic acid groups (broad SMARTS) is 1. The van der Waals surface area contributed by atoms with Gasteiger partial charge in [0.2, 0.25) is 0 Å². The first-order valence-corrected chi connectivity index (χ1v) is 8.53. The number of hydrogen-bond acceptors (Lipinski definition) is 3. The van der Waals surface area contributed by atoms with E-state index in [4.69, 9.17) is 0 Å². The molecule has 22 heavy (non-hydrogen) atoms. The minimum atomic E-state index is -0.936.